The summed E-state index contributed by atoms with van der Waals surface area (Å²) in [5, 5.41) is 10.1. The molecular weight excluding hydrogens is 398 g/mol. The molecular formula is C23H19N3O3S. The highest BCUT2D eigenvalue weighted by Gasteiger charge is 2.29. The van der Waals surface area contributed by atoms with Crippen LogP contribution in [0.4, 0.5) is 0 Å². The van der Waals surface area contributed by atoms with E-state index in [0.717, 1.165) is 24.1 Å². The summed E-state index contributed by atoms with van der Waals surface area (Å²) in [4.78, 5) is 21.5. The molecule has 0 spiro atoms. The Morgan fingerprint density at radius 2 is 2.10 bits per heavy atom. The van der Waals surface area contributed by atoms with Crippen LogP contribution in [0, 0.1) is 11.3 Å². The van der Waals surface area contributed by atoms with Crippen LogP contribution in [0.5, 0.6) is 11.5 Å². The first kappa shape index (κ1) is 19.9. The number of carbonyl (C=O) groups is 1. The van der Waals surface area contributed by atoms with E-state index in [4.69, 9.17) is 9.47 Å². The summed E-state index contributed by atoms with van der Waals surface area (Å²) in [5.74, 6) is 0.999. The molecule has 7 heteroatoms. The maximum atomic E-state index is 12.9. The third kappa shape index (κ3) is 4.44. The number of ether oxygens (including phenoxy) is 2. The molecule has 0 bridgehead atoms. The van der Waals surface area contributed by atoms with Crippen molar-refractivity contribution in [2.75, 3.05) is 6.26 Å². The molecule has 2 aromatic heterocycles. The number of thioether (sulfide) groups is 1. The highest BCUT2D eigenvalue weighted by molar-refractivity contribution is 7.98. The van der Waals surface area contributed by atoms with E-state index in [9.17, 15) is 10.1 Å². The van der Waals surface area contributed by atoms with Crippen LogP contribution in [-0.4, -0.2) is 22.2 Å². The number of pyridine rings is 2. The number of nitrogens with zero attached hydrogens (tertiary/aromatic N) is 3. The van der Waals surface area contributed by atoms with Gasteiger partial charge in [-0.2, -0.15) is 5.26 Å². The molecule has 0 aliphatic heterocycles. The number of aromatic nitrogens is 2. The van der Waals surface area contributed by atoms with Crippen LogP contribution in [-0.2, 0) is 11.3 Å². The van der Waals surface area contributed by atoms with Gasteiger partial charge in [0.25, 0.3) is 0 Å². The fourth-order valence-corrected chi connectivity index (χ4v) is 3.58. The summed E-state index contributed by atoms with van der Waals surface area (Å²) in [5.41, 5.74) is 2.10. The molecule has 1 aliphatic rings. The van der Waals surface area contributed by atoms with Crippen molar-refractivity contribution >= 4 is 17.7 Å². The molecule has 150 valence electrons. The van der Waals surface area contributed by atoms with Crippen molar-refractivity contribution in [2.24, 2.45) is 0 Å². The lowest BCUT2D eigenvalue weighted by Crippen LogP contribution is -2.11. The smallest absolute Gasteiger partial charge is 0.339 e. The summed E-state index contributed by atoms with van der Waals surface area (Å²) in [6.07, 6.45) is 7.24. The van der Waals surface area contributed by atoms with Gasteiger partial charge in [-0.1, -0.05) is 18.2 Å². The third-order valence-electron chi connectivity index (χ3n) is 4.72. The Morgan fingerprint density at radius 1 is 1.27 bits per heavy atom. The van der Waals surface area contributed by atoms with Gasteiger partial charge in [0, 0.05) is 23.4 Å². The van der Waals surface area contributed by atoms with Gasteiger partial charge in [-0.05, 0) is 43.4 Å². The Hall–Kier alpha value is -3.37. The Balaban J connectivity index is 1.55. The zero-order chi connectivity index (χ0) is 20.9. The fraction of sp³-hybridized carbons (Fsp3) is 0.217. The second-order valence-electron chi connectivity index (χ2n) is 6.84. The van der Waals surface area contributed by atoms with E-state index in [1.165, 1.54) is 11.8 Å². The van der Waals surface area contributed by atoms with Crippen molar-refractivity contribution in [2.45, 2.75) is 30.4 Å². The molecule has 1 fully saturated rings. The van der Waals surface area contributed by atoms with Crippen molar-refractivity contribution in [1.29, 1.82) is 5.26 Å². The monoisotopic (exact) mass is 417 g/mol. The highest BCUT2D eigenvalue weighted by atomic mass is 32.2. The van der Waals surface area contributed by atoms with E-state index in [1.54, 1.807) is 36.7 Å². The SMILES string of the molecule is CSc1nc(C2CC2)cc(C(=O)OCc2ccccc2Oc2cccnc2)c1C#N. The minimum Gasteiger partial charge on any atom is -0.457 e. The highest BCUT2D eigenvalue weighted by Crippen LogP contribution is 2.40. The topological polar surface area (TPSA) is 85.1 Å². The first-order valence-corrected chi connectivity index (χ1v) is 10.7. The number of hydrogen-bond donors (Lipinski definition) is 0. The molecule has 0 unspecified atom stereocenters. The normalized spacial score (nSPS) is 12.8. The molecule has 1 aliphatic carbocycles. The average Bonchev–Trinajstić information content (AvgIpc) is 3.63. The largest absolute Gasteiger partial charge is 0.457 e. The van der Waals surface area contributed by atoms with Crippen molar-refractivity contribution < 1.29 is 14.3 Å². The number of rotatable bonds is 7. The van der Waals surface area contributed by atoms with Gasteiger partial charge >= 0.3 is 5.97 Å². The molecule has 4 rings (SSSR count). The maximum absolute atomic E-state index is 12.9. The fourth-order valence-electron chi connectivity index (χ4n) is 3.02. The summed E-state index contributed by atoms with van der Waals surface area (Å²) >= 11 is 1.36. The lowest BCUT2D eigenvalue weighted by Gasteiger charge is -2.13. The molecule has 1 saturated carbocycles. The Labute approximate surface area is 178 Å². The minimum atomic E-state index is -0.540. The third-order valence-corrected chi connectivity index (χ3v) is 5.40. The Kier molecular flexibility index (Phi) is 5.96. The van der Waals surface area contributed by atoms with Crippen LogP contribution >= 0.6 is 11.8 Å². The van der Waals surface area contributed by atoms with Crippen LogP contribution in [0.1, 0.15) is 45.9 Å². The summed E-state index contributed by atoms with van der Waals surface area (Å²) in [6, 6.07) is 14.7. The number of para-hydroxylation sites is 1. The molecule has 2 heterocycles. The molecule has 0 amide bonds. The summed E-state index contributed by atoms with van der Waals surface area (Å²) in [6.45, 7) is 0.0236. The molecule has 1 aromatic carbocycles. The maximum Gasteiger partial charge on any atom is 0.339 e. The zero-order valence-electron chi connectivity index (χ0n) is 16.4. The predicted molar refractivity (Wildman–Crippen MR) is 113 cm³/mol. The van der Waals surface area contributed by atoms with Gasteiger partial charge in [0.1, 0.15) is 29.2 Å². The standard InChI is InChI=1S/C23H19N3O3S/c1-30-22-19(12-24)18(11-20(26-22)15-8-9-15)23(27)28-14-16-5-2-3-7-21(16)29-17-6-4-10-25-13-17/h2-7,10-11,13,15H,8-9,14H2,1H3. The second-order valence-corrected chi connectivity index (χ2v) is 7.63. The molecule has 0 N–H and O–H groups in total. The molecule has 0 radical (unpaired) electrons. The van der Waals surface area contributed by atoms with Gasteiger partial charge in [0.05, 0.1) is 17.3 Å². The molecule has 0 saturated heterocycles. The number of carbonyl (C=O) groups excluding carboxylic acids is 1. The predicted octanol–water partition coefficient (Wildman–Crippen LogP) is 5.10. The van der Waals surface area contributed by atoms with E-state index in [-0.39, 0.29) is 17.7 Å². The van der Waals surface area contributed by atoms with Gasteiger partial charge in [0.15, 0.2) is 0 Å². The van der Waals surface area contributed by atoms with Crippen LogP contribution in [0.15, 0.2) is 59.9 Å². The summed E-state index contributed by atoms with van der Waals surface area (Å²) in [7, 11) is 0. The number of esters is 1. The van der Waals surface area contributed by atoms with Gasteiger partial charge < -0.3 is 9.47 Å². The van der Waals surface area contributed by atoms with Crippen LogP contribution in [0.25, 0.3) is 0 Å². The molecule has 6 nitrogen and oxygen atoms in total. The lowest BCUT2D eigenvalue weighted by molar-refractivity contribution is 0.0469. The van der Waals surface area contributed by atoms with Gasteiger partial charge in [-0.25, -0.2) is 9.78 Å². The lowest BCUT2D eigenvalue weighted by atomic mass is 10.1. The first-order chi connectivity index (χ1) is 14.7. The average molecular weight is 417 g/mol. The number of benzene rings is 1. The van der Waals surface area contributed by atoms with Gasteiger partial charge in [-0.3, -0.25) is 4.98 Å². The van der Waals surface area contributed by atoms with Crippen LogP contribution in [0.3, 0.4) is 0 Å². The second kappa shape index (κ2) is 8.97. The van der Waals surface area contributed by atoms with E-state index in [0.29, 0.717) is 22.4 Å². The van der Waals surface area contributed by atoms with Crippen molar-refractivity contribution in [3.8, 4) is 17.6 Å². The molecule has 3 aromatic rings. The summed E-state index contributed by atoms with van der Waals surface area (Å²) < 4.78 is 11.4. The number of nitriles is 1. The Bertz CT molecular complexity index is 1110. The van der Waals surface area contributed by atoms with Crippen molar-refractivity contribution in [3.05, 3.63) is 77.2 Å². The van der Waals surface area contributed by atoms with Gasteiger partial charge in [0.2, 0.25) is 0 Å². The van der Waals surface area contributed by atoms with E-state index in [1.807, 2.05) is 24.5 Å². The zero-order valence-corrected chi connectivity index (χ0v) is 17.2. The van der Waals surface area contributed by atoms with E-state index < -0.39 is 5.97 Å². The molecule has 0 atom stereocenters. The number of hydrogen-bond acceptors (Lipinski definition) is 7. The van der Waals surface area contributed by atoms with Crippen LogP contribution < -0.4 is 4.74 Å². The van der Waals surface area contributed by atoms with Crippen LogP contribution in [0.2, 0.25) is 0 Å². The molecule has 30 heavy (non-hydrogen) atoms. The van der Waals surface area contributed by atoms with E-state index in [2.05, 4.69) is 16.0 Å². The quantitative estimate of drug-likeness (QED) is 0.391. The Morgan fingerprint density at radius 3 is 2.80 bits per heavy atom. The van der Waals surface area contributed by atoms with Gasteiger partial charge in [-0.15, -0.1) is 11.8 Å². The van der Waals surface area contributed by atoms with E-state index >= 15 is 0 Å². The minimum absolute atomic E-state index is 0.0236. The van der Waals surface area contributed by atoms with Crippen molar-refractivity contribution in [1.82, 2.24) is 9.97 Å². The van der Waals surface area contributed by atoms with Crippen molar-refractivity contribution in [3.63, 3.8) is 0 Å². The first-order valence-electron chi connectivity index (χ1n) is 9.51.